The first-order valence-corrected chi connectivity index (χ1v) is 11.7. The fourth-order valence-corrected chi connectivity index (χ4v) is 4.97. The Bertz CT molecular complexity index is 1110. The first kappa shape index (κ1) is 23.2. The minimum atomic E-state index is -2.51. The fraction of sp³-hybridized carbons (Fsp3) is 0.286. The van der Waals surface area contributed by atoms with Gasteiger partial charge >= 0.3 is 0 Å². The van der Waals surface area contributed by atoms with Crippen LogP contribution >= 0.6 is 23.5 Å². The maximum absolute atomic E-state index is 13.0. The summed E-state index contributed by atoms with van der Waals surface area (Å²) in [7, 11) is 0. The van der Waals surface area contributed by atoms with Crippen molar-refractivity contribution in [3.8, 4) is 0 Å². The van der Waals surface area contributed by atoms with Gasteiger partial charge in [0.25, 0.3) is 11.4 Å². The van der Waals surface area contributed by atoms with Crippen LogP contribution in [-0.2, 0) is 9.59 Å². The van der Waals surface area contributed by atoms with Crippen LogP contribution in [0.5, 0.6) is 0 Å². The van der Waals surface area contributed by atoms with E-state index < -0.39 is 21.8 Å². The van der Waals surface area contributed by atoms with Gasteiger partial charge in [0.15, 0.2) is 5.17 Å². The van der Waals surface area contributed by atoms with Crippen LogP contribution in [0.3, 0.4) is 0 Å². The van der Waals surface area contributed by atoms with Crippen LogP contribution in [0.2, 0.25) is 0 Å². The second-order valence-corrected chi connectivity index (χ2v) is 9.61. The summed E-state index contributed by atoms with van der Waals surface area (Å²) >= 11 is 1.63. The van der Waals surface area contributed by atoms with E-state index in [-0.39, 0.29) is 29.7 Å². The molecule has 2 amide bonds. The van der Waals surface area contributed by atoms with Crippen molar-refractivity contribution < 1.29 is 23.3 Å². The van der Waals surface area contributed by atoms with Crippen LogP contribution in [-0.4, -0.2) is 43.9 Å². The average molecular weight is 493 g/mol. The Kier molecular flexibility index (Phi) is 6.94. The standard InChI is InChI=1S/C21H18F2N4O4S2/c22-20(23)32-16-8-4-12(5-9-16)25-21-26(14-6-7-14)19(29)17(33-21)11-18(28)24-13-2-1-3-15(10-13)27(30)31/h1-5,8-10,14,17,20H,6-7,11H2,(H,24,28)/t17-/m0/s1. The summed E-state index contributed by atoms with van der Waals surface area (Å²) in [5.74, 6) is -3.16. The number of nitrogens with one attached hydrogen (secondary N) is 1. The number of carbonyl (C=O) groups is 2. The molecule has 0 bridgehead atoms. The Morgan fingerprint density at radius 1 is 1.27 bits per heavy atom. The van der Waals surface area contributed by atoms with Gasteiger partial charge in [-0.25, -0.2) is 4.99 Å². The molecule has 1 N–H and O–H groups in total. The number of hydrogen-bond acceptors (Lipinski definition) is 7. The quantitative estimate of drug-likeness (QED) is 0.315. The number of thioether (sulfide) groups is 2. The molecule has 2 fully saturated rings. The molecule has 0 unspecified atom stereocenters. The molecule has 2 aromatic carbocycles. The van der Waals surface area contributed by atoms with E-state index in [1.165, 1.54) is 36.0 Å². The Labute approximate surface area is 196 Å². The van der Waals surface area contributed by atoms with Crippen LogP contribution < -0.4 is 5.32 Å². The summed E-state index contributed by atoms with van der Waals surface area (Å²) in [6, 6.07) is 11.9. The zero-order valence-corrected chi connectivity index (χ0v) is 18.7. The number of amidine groups is 1. The van der Waals surface area contributed by atoms with Gasteiger partial charge in [-0.3, -0.25) is 24.6 Å². The van der Waals surface area contributed by atoms with Crippen molar-refractivity contribution in [3.63, 3.8) is 0 Å². The number of benzene rings is 2. The van der Waals surface area contributed by atoms with Gasteiger partial charge < -0.3 is 5.32 Å². The topological polar surface area (TPSA) is 105 Å². The number of nitro benzene ring substituents is 1. The summed E-state index contributed by atoms with van der Waals surface area (Å²) < 4.78 is 25.0. The molecule has 1 aliphatic heterocycles. The van der Waals surface area contributed by atoms with E-state index in [9.17, 15) is 28.5 Å². The lowest BCUT2D eigenvalue weighted by Gasteiger charge is -2.15. The minimum absolute atomic E-state index is 0.0437. The summed E-state index contributed by atoms with van der Waals surface area (Å²) in [6.07, 6.45) is 1.59. The zero-order valence-electron chi connectivity index (χ0n) is 17.0. The van der Waals surface area contributed by atoms with E-state index in [0.717, 1.165) is 12.8 Å². The monoisotopic (exact) mass is 492 g/mol. The molecule has 8 nitrogen and oxygen atoms in total. The van der Waals surface area contributed by atoms with Gasteiger partial charge in [-0.05, 0) is 43.2 Å². The number of nitrogens with zero attached hydrogens (tertiary/aromatic N) is 3. The average Bonchev–Trinajstić information content (AvgIpc) is 3.55. The van der Waals surface area contributed by atoms with Crippen LogP contribution in [0.4, 0.5) is 25.8 Å². The lowest BCUT2D eigenvalue weighted by molar-refractivity contribution is -0.384. The van der Waals surface area contributed by atoms with Crippen molar-refractivity contribution in [2.45, 2.75) is 41.2 Å². The molecule has 2 aromatic rings. The van der Waals surface area contributed by atoms with Gasteiger partial charge in [0.1, 0.15) is 5.25 Å². The number of halogens is 2. The number of amides is 2. The molecule has 1 atom stereocenters. The van der Waals surface area contributed by atoms with Gasteiger partial charge in [-0.1, -0.05) is 29.6 Å². The van der Waals surface area contributed by atoms with E-state index in [1.807, 2.05) is 0 Å². The third kappa shape index (κ3) is 5.88. The third-order valence-corrected chi connectivity index (χ3v) is 6.75. The Morgan fingerprint density at radius 2 is 2.00 bits per heavy atom. The van der Waals surface area contributed by atoms with Crippen molar-refractivity contribution >= 4 is 57.6 Å². The summed E-state index contributed by atoms with van der Waals surface area (Å²) in [5.41, 5.74) is 0.655. The van der Waals surface area contributed by atoms with Crippen LogP contribution in [0, 0.1) is 10.1 Å². The highest BCUT2D eigenvalue weighted by atomic mass is 32.2. The highest BCUT2D eigenvalue weighted by Gasteiger charge is 2.46. The first-order chi connectivity index (χ1) is 15.8. The molecule has 33 heavy (non-hydrogen) atoms. The smallest absolute Gasteiger partial charge is 0.288 e. The fourth-order valence-electron chi connectivity index (χ4n) is 3.25. The number of alkyl halides is 2. The van der Waals surface area contributed by atoms with Crippen molar-refractivity contribution in [1.82, 2.24) is 4.90 Å². The highest BCUT2D eigenvalue weighted by Crippen LogP contribution is 2.39. The highest BCUT2D eigenvalue weighted by molar-refractivity contribution is 8.15. The summed E-state index contributed by atoms with van der Waals surface area (Å²) in [4.78, 5) is 42.4. The van der Waals surface area contributed by atoms with Gasteiger partial charge in [0.05, 0.1) is 10.6 Å². The number of nitro groups is 1. The SMILES string of the molecule is O=C(C[C@@H]1SC(=Nc2ccc(SC(F)F)cc2)N(C2CC2)C1=O)Nc1cccc([N+](=O)[O-])c1. The van der Waals surface area contributed by atoms with E-state index in [0.29, 0.717) is 27.5 Å². The number of non-ortho nitro benzene ring substituents is 1. The summed E-state index contributed by atoms with van der Waals surface area (Å²) in [6.45, 7) is 0. The Hall–Kier alpha value is -2.99. The van der Waals surface area contributed by atoms with Crippen molar-refractivity contribution in [1.29, 1.82) is 0 Å². The lowest BCUT2D eigenvalue weighted by atomic mass is 10.2. The normalized spacial score (nSPS) is 19.4. The van der Waals surface area contributed by atoms with E-state index >= 15 is 0 Å². The predicted octanol–water partition coefficient (Wildman–Crippen LogP) is 5.03. The predicted molar refractivity (Wildman–Crippen MR) is 123 cm³/mol. The molecule has 172 valence electrons. The second kappa shape index (κ2) is 9.87. The molecule has 0 spiro atoms. The maximum atomic E-state index is 13.0. The largest absolute Gasteiger partial charge is 0.326 e. The van der Waals surface area contributed by atoms with Crippen LogP contribution in [0.15, 0.2) is 58.4 Å². The van der Waals surface area contributed by atoms with Crippen molar-refractivity contribution in [2.75, 3.05) is 5.32 Å². The van der Waals surface area contributed by atoms with Crippen LogP contribution in [0.25, 0.3) is 0 Å². The molecule has 0 radical (unpaired) electrons. The molecule has 1 saturated carbocycles. The van der Waals surface area contributed by atoms with E-state index in [4.69, 9.17) is 0 Å². The number of hydrogen-bond donors (Lipinski definition) is 1. The van der Waals surface area contributed by atoms with E-state index in [2.05, 4.69) is 10.3 Å². The van der Waals surface area contributed by atoms with E-state index in [1.54, 1.807) is 29.2 Å². The Morgan fingerprint density at radius 3 is 2.64 bits per heavy atom. The third-order valence-electron chi connectivity index (χ3n) is 4.88. The van der Waals surface area contributed by atoms with Gasteiger partial charge in [-0.2, -0.15) is 8.78 Å². The van der Waals surface area contributed by atoms with Gasteiger partial charge in [0.2, 0.25) is 11.8 Å². The number of rotatable bonds is 8. The van der Waals surface area contributed by atoms with Crippen LogP contribution in [0.1, 0.15) is 19.3 Å². The number of anilines is 1. The molecule has 1 saturated heterocycles. The first-order valence-electron chi connectivity index (χ1n) is 9.98. The molecule has 12 heteroatoms. The number of aliphatic imine (C=N–C) groups is 1. The zero-order chi connectivity index (χ0) is 23.5. The lowest BCUT2D eigenvalue weighted by Crippen LogP contribution is -2.35. The number of carbonyl (C=O) groups excluding carboxylic acids is 2. The molecule has 2 aliphatic rings. The van der Waals surface area contributed by atoms with Crippen molar-refractivity contribution in [2.24, 2.45) is 4.99 Å². The molecular weight excluding hydrogens is 474 g/mol. The maximum Gasteiger partial charge on any atom is 0.288 e. The summed E-state index contributed by atoms with van der Waals surface area (Å²) in [5, 5.41) is 13.3. The Balaban J connectivity index is 1.45. The van der Waals surface area contributed by atoms with Gasteiger partial charge in [0, 0.05) is 35.2 Å². The second-order valence-electron chi connectivity index (χ2n) is 7.37. The molecule has 1 heterocycles. The minimum Gasteiger partial charge on any atom is -0.326 e. The molecule has 4 rings (SSSR count). The molecule has 1 aliphatic carbocycles. The molecule has 0 aromatic heterocycles. The van der Waals surface area contributed by atoms with Crippen molar-refractivity contribution in [3.05, 3.63) is 58.6 Å². The molecular formula is C21H18F2N4O4S2. The van der Waals surface area contributed by atoms with Gasteiger partial charge in [-0.15, -0.1) is 0 Å².